The first-order valence-corrected chi connectivity index (χ1v) is 8.66. The zero-order valence-corrected chi connectivity index (χ0v) is 14.5. The number of benzene rings is 1. The Hall–Kier alpha value is -2.41. The molecule has 7 heteroatoms. The zero-order chi connectivity index (χ0) is 18.0. The lowest BCUT2D eigenvalue weighted by Crippen LogP contribution is -2.42. The number of carbonyl (C=O) groups is 3. The molecule has 2 heterocycles. The number of primary amides is 1. The van der Waals surface area contributed by atoms with E-state index in [1.807, 2.05) is 23.1 Å². The summed E-state index contributed by atoms with van der Waals surface area (Å²) in [6.07, 6.45) is 2.23. The van der Waals surface area contributed by atoms with Crippen LogP contribution in [0.2, 0.25) is 0 Å². The van der Waals surface area contributed by atoms with Gasteiger partial charge in [-0.15, -0.1) is 0 Å². The molecule has 2 aliphatic heterocycles. The van der Waals surface area contributed by atoms with Crippen LogP contribution in [-0.4, -0.2) is 48.8 Å². The highest BCUT2D eigenvalue weighted by atomic mass is 16.2. The Bertz CT molecular complexity index is 696. The third-order valence-corrected chi connectivity index (χ3v) is 5.00. The fourth-order valence-electron chi connectivity index (χ4n) is 3.59. The fraction of sp³-hybridized carbons (Fsp3) is 0.500. The number of hydrogen-bond donors (Lipinski definition) is 2. The third-order valence-electron chi connectivity index (χ3n) is 5.00. The van der Waals surface area contributed by atoms with Crippen molar-refractivity contribution in [3.8, 4) is 0 Å². The second-order valence-electron chi connectivity index (χ2n) is 6.77. The second-order valence-corrected chi connectivity index (χ2v) is 6.77. The molecule has 0 bridgehead atoms. The summed E-state index contributed by atoms with van der Waals surface area (Å²) in [7, 11) is 0. The third kappa shape index (κ3) is 3.99. The number of hydrogen-bond acceptors (Lipinski definition) is 4. The lowest BCUT2D eigenvalue weighted by atomic mass is 9.96. The first-order chi connectivity index (χ1) is 11.9. The van der Waals surface area contributed by atoms with E-state index >= 15 is 0 Å². The summed E-state index contributed by atoms with van der Waals surface area (Å²) < 4.78 is 0. The van der Waals surface area contributed by atoms with E-state index in [9.17, 15) is 14.4 Å². The highest BCUT2D eigenvalue weighted by Crippen LogP contribution is 2.30. The van der Waals surface area contributed by atoms with Gasteiger partial charge in [-0.2, -0.15) is 0 Å². The second kappa shape index (κ2) is 7.23. The number of anilines is 2. The van der Waals surface area contributed by atoms with Gasteiger partial charge < -0.3 is 16.0 Å². The predicted molar refractivity (Wildman–Crippen MR) is 95.2 cm³/mol. The molecule has 3 rings (SSSR count). The molecule has 25 heavy (non-hydrogen) atoms. The van der Waals surface area contributed by atoms with E-state index in [1.165, 1.54) is 0 Å². The topological polar surface area (TPSA) is 95.7 Å². The number of rotatable bonds is 4. The van der Waals surface area contributed by atoms with Crippen LogP contribution in [0.4, 0.5) is 11.4 Å². The molecule has 3 N–H and O–H groups in total. The normalized spacial score (nSPS) is 18.0. The first-order valence-electron chi connectivity index (χ1n) is 8.66. The molecule has 1 aromatic carbocycles. The van der Waals surface area contributed by atoms with Gasteiger partial charge in [0.05, 0.1) is 6.54 Å². The number of carbonyl (C=O) groups excluding carboxylic acids is 3. The van der Waals surface area contributed by atoms with Crippen molar-refractivity contribution in [2.24, 2.45) is 11.7 Å². The Morgan fingerprint density at radius 3 is 2.56 bits per heavy atom. The summed E-state index contributed by atoms with van der Waals surface area (Å²) in [5, 5.41) is 2.92. The molecule has 2 aliphatic rings. The molecule has 0 aliphatic carbocycles. The molecule has 1 aromatic rings. The van der Waals surface area contributed by atoms with Crippen LogP contribution in [0.15, 0.2) is 18.2 Å². The van der Waals surface area contributed by atoms with E-state index in [4.69, 9.17) is 5.73 Å². The van der Waals surface area contributed by atoms with Gasteiger partial charge in [0, 0.05) is 30.8 Å². The van der Waals surface area contributed by atoms with E-state index in [2.05, 4.69) is 5.32 Å². The molecule has 0 spiro atoms. The average molecular weight is 344 g/mol. The van der Waals surface area contributed by atoms with Gasteiger partial charge in [-0.1, -0.05) is 0 Å². The monoisotopic (exact) mass is 344 g/mol. The van der Waals surface area contributed by atoms with Gasteiger partial charge in [-0.3, -0.25) is 19.3 Å². The number of likely N-dealkylation sites (tertiary alicyclic amines) is 1. The van der Waals surface area contributed by atoms with Gasteiger partial charge in [0.25, 0.3) is 0 Å². The number of nitrogens with one attached hydrogen (secondary N) is 1. The van der Waals surface area contributed by atoms with Crippen molar-refractivity contribution < 1.29 is 14.4 Å². The van der Waals surface area contributed by atoms with Crippen molar-refractivity contribution in [2.75, 3.05) is 36.4 Å². The number of fused-ring (bicyclic) bond motifs is 1. The minimum absolute atomic E-state index is 0.0369. The molecule has 0 saturated carbocycles. The zero-order valence-electron chi connectivity index (χ0n) is 14.5. The van der Waals surface area contributed by atoms with Crippen LogP contribution in [0.5, 0.6) is 0 Å². The number of piperidine rings is 1. The van der Waals surface area contributed by atoms with Crippen LogP contribution >= 0.6 is 0 Å². The van der Waals surface area contributed by atoms with E-state index in [0.717, 1.165) is 23.4 Å². The Labute approximate surface area is 147 Å². The summed E-state index contributed by atoms with van der Waals surface area (Å²) >= 11 is 0. The molecule has 3 amide bonds. The molecule has 7 nitrogen and oxygen atoms in total. The maximum absolute atomic E-state index is 12.3. The summed E-state index contributed by atoms with van der Waals surface area (Å²) in [5.74, 6) is -0.351. The SMILES string of the molecule is CC(=O)N1CCc2cc(NC(=O)CN3CCC(C(N)=O)CC3)ccc21. The summed E-state index contributed by atoms with van der Waals surface area (Å²) in [5.41, 5.74) is 8.09. The standard InChI is InChI=1S/C18H24N4O3/c1-12(23)22-9-6-14-10-15(2-3-16(14)22)20-17(24)11-21-7-4-13(5-8-21)18(19)25/h2-3,10,13H,4-9,11H2,1H3,(H2,19,25)(H,20,24). The van der Waals surface area contributed by atoms with Crippen molar-refractivity contribution in [3.05, 3.63) is 23.8 Å². The van der Waals surface area contributed by atoms with Crippen LogP contribution < -0.4 is 16.0 Å². The van der Waals surface area contributed by atoms with Gasteiger partial charge in [0.1, 0.15) is 0 Å². The highest BCUT2D eigenvalue weighted by Gasteiger charge is 2.25. The van der Waals surface area contributed by atoms with Gasteiger partial charge >= 0.3 is 0 Å². The average Bonchev–Trinajstić information content (AvgIpc) is 2.98. The van der Waals surface area contributed by atoms with Crippen molar-refractivity contribution in [1.29, 1.82) is 0 Å². The van der Waals surface area contributed by atoms with Crippen molar-refractivity contribution in [2.45, 2.75) is 26.2 Å². The number of nitrogens with two attached hydrogens (primary N) is 1. The highest BCUT2D eigenvalue weighted by molar-refractivity contribution is 5.96. The lowest BCUT2D eigenvalue weighted by molar-refractivity contribution is -0.123. The van der Waals surface area contributed by atoms with Crippen LogP contribution in [0.3, 0.4) is 0 Å². The molecule has 0 aromatic heterocycles. The Balaban J connectivity index is 1.54. The van der Waals surface area contributed by atoms with Gasteiger partial charge in [-0.25, -0.2) is 0 Å². The molecular weight excluding hydrogens is 320 g/mol. The smallest absolute Gasteiger partial charge is 0.238 e. The van der Waals surface area contributed by atoms with Gasteiger partial charge in [0.2, 0.25) is 17.7 Å². The maximum Gasteiger partial charge on any atom is 0.238 e. The molecule has 134 valence electrons. The van der Waals surface area contributed by atoms with Gasteiger partial charge in [0.15, 0.2) is 0 Å². The maximum atomic E-state index is 12.3. The van der Waals surface area contributed by atoms with Crippen LogP contribution in [-0.2, 0) is 20.8 Å². The Morgan fingerprint density at radius 1 is 1.20 bits per heavy atom. The quantitative estimate of drug-likeness (QED) is 0.842. The molecular formula is C18H24N4O3. The molecule has 1 saturated heterocycles. The largest absolute Gasteiger partial charge is 0.369 e. The summed E-state index contributed by atoms with van der Waals surface area (Å²) in [6, 6.07) is 5.66. The molecule has 1 fully saturated rings. The minimum atomic E-state index is -0.248. The van der Waals surface area contributed by atoms with Crippen molar-refractivity contribution >= 4 is 29.1 Å². The Morgan fingerprint density at radius 2 is 1.92 bits per heavy atom. The Kier molecular flexibility index (Phi) is 5.03. The van der Waals surface area contributed by atoms with Gasteiger partial charge in [-0.05, 0) is 56.1 Å². The van der Waals surface area contributed by atoms with Crippen molar-refractivity contribution in [1.82, 2.24) is 4.90 Å². The van der Waals surface area contributed by atoms with Crippen LogP contribution in [0.25, 0.3) is 0 Å². The van der Waals surface area contributed by atoms with Crippen LogP contribution in [0, 0.1) is 5.92 Å². The molecule has 0 atom stereocenters. The first kappa shape index (κ1) is 17.4. The lowest BCUT2D eigenvalue weighted by Gasteiger charge is -2.29. The fourth-order valence-corrected chi connectivity index (χ4v) is 3.59. The number of nitrogens with zero attached hydrogens (tertiary/aromatic N) is 2. The predicted octanol–water partition coefficient (Wildman–Crippen LogP) is 0.731. The van der Waals surface area contributed by atoms with Crippen molar-refractivity contribution in [3.63, 3.8) is 0 Å². The molecule has 0 radical (unpaired) electrons. The van der Waals surface area contributed by atoms with E-state index in [1.54, 1.807) is 11.8 Å². The minimum Gasteiger partial charge on any atom is -0.369 e. The molecule has 0 unspecified atom stereocenters. The van der Waals surface area contributed by atoms with E-state index in [0.29, 0.717) is 39.0 Å². The summed E-state index contributed by atoms with van der Waals surface area (Å²) in [4.78, 5) is 38.8. The number of amides is 3. The van der Waals surface area contributed by atoms with E-state index < -0.39 is 0 Å². The van der Waals surface area contributed by atoms with E-state index in [-0.39, 0.29) is 23.6 Å². The summed E-state index contributed by atoms with van der Waals surface area (Å²) in [6.45, 7) is 3.97. The van der Waals surface area contributed by atoms with Crippen LogP contribution in [0.1, 0.15) is 25.3 Å².